The van der Waals surface area contributed by atoms with Crippen molar-refractivity contribution in [3.05, 3.63) is 36.5 Å². The van der Waals surface area contributed by atoms with E-state index in [4.69, 9.17) is 4.74 Å². The molecule has 0 aliphatic rings. The third-order valence-electron chi connectivity index (χ3n) is 2.65. The summed E-state index contributed by atoms with van der Waals surface area (Å²) in [5, 5.41) is 2.92. The Morgan fingerprint density at radius 1 is 1.22 bits per heavy atom. The number of benzene rings is 1. The van der Waals surface area contributed by atoms with Gasteiger partial charge in [0.15, 0.2) is 0 Å². The van der Waals surface area contributed by atoms with Crippen molar-refractivity contribution in [3.8, 4) is 5.75 Å². The second kappa shape index (κ2) is 5.35. The SMILES string of the molecule is CNc1nccc(N(C)c2ccccc2OC)n1. The Hall–Kier alpha value is -2.30. The number of nitrogens with zero attached hydrogens (tertiary/aromatic N) is 3. The lowest BCUT2D eigenvalue weighted by Crippen LogP contribution is -2.13. The van der Waals surface area contributed by atoms with E-state index >= 15 is 0 Å². The van der Waals surface area contributed by atoms with Gasteiger partial charge in [0.25, 0.3) is 0 Å². The van der Waals surface area contributed by atoms with Crippen LogP contribution in [-0.4, -0.2) is 31.2 Å². The number of ether oxygens (including phenoxy) is 1. The van der Waals surface area contributed by atoms with Gasteiger partial charge in [-0.15, -0.1) is 0 Å². The van der Waals surface area contributed by atoms with Crippen LogP contribution in [0.25, 0.3) is 0 Å². The largest absolute Gasteiger partial charge is 0.495 e. The van der Waals surface area contributed by atoms with Crippen molar-refractivity contribution < 1.29 is 4.74 Å². The van der Waals surface area contributed by atoms with Crippen molar-refractivity contribution in [3.63, 3.8) is 0 Å². The summed E-state index contributed by atoms with van der Waals surface area (Å²) in [5.41, 5.74) is 0.959. The number of methoxy groups -OCH3 is 1. The van der Waals surface area contributed by atoms with Crippen molar-refractivity contribution in [1.82, 2.24) is 9.97 Å². The minimum atomic E-state index is 0.592. The molecule has 94 valence electrons. The smallest absolute Gasteiger partial charge is 0.224 e. The summed E-state index contributed by atoms with van der Waals surface area (Å²) >= 11 is 0. The number of rotatable bonds is 4. The van der Waals surface area contributed by atoms with Crippen molar-refractivity contribution in [2.45, 2.75) is 0 Å². The average Bonchev–Trinajstić information content (AvgIpc) is 2.46. The highest BCUT2D eigenvalue weighted by Gasteiger charge is 2.10. The summed E-state index contributed by atoms with van der Waals surface area (Å²) < 4.78 is 5.34. The quantitative estimate of drug-likeness (QED) is 0.894. The predicted molar refractivity (Wildman–Crippen MR) is 72.6 cm³/mol. The maximum absolute atomic E-state index is 5.34. The van der Waals surface area contributed by atoms with Gasteiger partial charge < -0.3 is 15.0 Å². The molecule has 1 N–H and O–H groups in total. The molecule has 0 saturated carbocycles. The molecular weight excluding hydrogens is 228 g/mol. The normalized spacial score (nSPS) is 9.94. The summed E-state index contributed by atoms with van der Waals surface area (Å²) in [6.07, 6.45) is 1.72. The molecule has 2 rings (SSSR count). The zero-order chi connectivity index (χ0) is 13.0. The van der Waals surface area contributed by atoms with E-state index < -0.39 is 0 Å². The number of aromatic nitrogens is 2. The van der Waals surface area contributed by atoms with Gasteiger partial charge in [-0.3, -0.25) is 0 Å². The molecule has 5 nitrogen and oxygen atoms in total. The van der Waals surface area contributed by atoms with E-state index in [2.05, 4.69) is 15.3 Å². The number of hydrogen-bond donors (Lipinski definition) is 1. The third kappa shape index (κ3) is 2.34. The monoisotopic (exact) mass is 244 g/mol. The number of hydrogen-bond acceptors (Lipinski definition) is 5. The molecule has 1 heterocycles. The molecule has 0 bridgehead atoms. The molecule has 2 aromatic rings. The van der Waals surface area contributed by atoms with Gasteiger partial charge in [0.2, 0.25) is 5.95 Å². The first kappa shape index (κ1) is 12.2. The van der Waals surface area contributed by atoms with E-state index in [0.29, 0.717) is 5.95 Å². The van der Waals surface area contributed by atoms with Crippen LogP contribution in [0.2, 0.25) is 0 Å². The van der Waals surface area contributed by atoms with Crippen LogP contribution in [0.5, 0.6) is 5.75 Å². The second-order valence-electron chi connectivity index (χ2n) is 3.72. The molecule has 0 saturated heterocycles. The number of anilines is 3. The molecule has 0 radical (unpaired) electrons. The highest BCUT2D eigenvalue weighted by Crippen LogP contribution is 2.31. The van der Waals surface area contributed by atoms with Gasteiger partial charge in [-0.1, -0.05) is 12.1 Å². The van der Waals surface area contributed by atoms with E-state index in [1.54, 1.807) is 20.4 Å². The topological polar surface area (TPSA) is 50.3 Å². The number of nitrogens with one attached hydrogen (secondary N) is 1. The van der Waals surface area contributed by atoms with Gasteiger partial charge in [-0.25, -0.2) is 4.98 Å². The first-order valence-electron chi connectivity index (χ1n) is 5.64. The van der Waals surface area contributed by atoms with Crippen molar-refractivity contribution in [2.24, 2.45) is 0 Å². The average molecular weight is 244 g/mol. The van der Waals surface area contributed by atoms with E-state index in [9.17, 15) is 0 Å². The van der Waals surface area contributed by atoms with Crippen LogP contribution in [0.1, 0.15) is 0 Å². The fourth-order valence-corrected chi connectivity index (χ4v) is 1.69. The van der Waals surface area contributed by atoms with Gasteiger partial charge in [-0.2, -0.15) is 4.98 Å². The fraction of sp³-hybridized carbons (Fsp3) is 0.231. The van der Waals surface area contributed by atoms with Crippen molar-refractivity contribution in [1.29, 1.82) is 0 Å². The lowest BCUT2D eigenvalue weighted by Gasteiger charge is -2.20. The molecule has 0 amide bonds. The molecule has 0 aliphatic carbocycles. The van der Waals surface area contributed by atoms with Crippen LogP contribution < -0.4 is 15.0 Å². The van der Waals surface area contributed by atoms with Gasteiger partial charge in [0.05, 0.1) is 12.8 Å². The molecule has 0 aliphatic heterocycles. The summed E-state index contributed by atoms with van der Waals surface area (Å²) in [6.45, 7) is 0. The minimum Gasteiger partial charge on any atom is -0.495 e. The Morgan fingerprint density at radius 2 is 2.00 bits per heavy atom. The fourth-order valence-electron chi connectivity index (χ4n) is 1.69. The summed E-state index contributed by atoms with van der Waals surface area (Å²) in [4.78, 5) is 10.4. The van der Waals surface area contributed by atoms with Crippen LogP contribution in [-0.2, 0) is 0 Å². The van der Waals surface area contributed by atoms with Gasteiger partial charge in [0, 0.05) is 20.3 Å². The third-order valence-corrected chi connectivity index (χ3v) is 2.65. The highest BCUT2D eigenvalue weighted by molar-refractivity contribution is 5.66. The van der Waals surface area contributed by atoms with Gasteiger partial charge in [0.1, 0.15) is 11.6 Å². The van der Waals surface area contributed by atoms with E-state index in [-0.39, 0.29) is 0 Å². The predicted octanol–water partition coefficient (Wildman–Crippen LogP) is 2.29. The van der Waals surface area contributed by atoms with Crippen LogP contribution in [0.15, 0.2) is 36.5 Å². The van der Waals surface area contributed by atoms with Crippen molar-refractivity contribution >= 4 is 17.5 Å². The molecule has 18 heavy (non-hydrogen) atoms. The zero-order valence-electron chi connectivity index (χ0n) is 10.7. The lowest BCUT2D eigenvalue weighted by molar-refractivity contribution is 0.415. The minimum absolute atomic E-state index is 0.592. The van der Waals surface area contributed by atoms with Crippen LogP contribution >= 0.6 is 0 Å². The molecule has 0 atom stereocenters. The van der Waals surface area contributed by atoms with Crippen LogP contribution in [0.4, 0.5) is 17.5 Å². The van der Waals surface area contributed by atoms with Crippen LogP contribution in [0.3, 0.4) is 0 Å². The maximum Gasteiger partial charge on any atom is 0.224 e. The molecule has 0 fully saturated rings. The molecular formula is C13H16N4O. The summed E-state index contributed by atoms with van der Waals surface area (Å²) in [6, 6.07) is 9.67. The Morgan fingerprint density at radius 3 is 2.72 bits per heavy atom. The van der Waals surface area contributed by atoms with Crippen molar-refractivity contribution in [2.75, 3.05) is 31.4 Å². The Labute approximate surface area is 106 Å². The lowest BCUT2D eigenvalue weighted by atomic mass is 10.2. The maximum atomic E-state index is 5.34. The van der Waals surface area contributed by atoms with Gasteiger partial charge in [-0.05, 0) is 18.2 Å². The van der Waals surface area contributed by atoms with E-state index in [1.807, 2.05) is 42.3 Å². The molecule has 0 unspecified atom stereocenters. The first-order valence-corrected chi connectivity index (χ1v) is 5.64. The first-order chi connectivity index (χ1) is 8.76. The summed E-state index contributed by atoms with van der Waals surface area (Å²) in [7, 11) is 5.40. The summed E-state index contributed by atoms with van der Waals surface area (Å²) in [5.74, 6) is 2.21. The Kier molecular flexibility index (Phi) is 3.62. The van der Waals surface area contributed by atoms with E-state index in [0.717, 1.165) is 17.3 Å². The molecule has 1 aromatic heterocycles. The van der Waals surface area contributed by atoms with E-state index in [1.165, 1.54) is 0 Å². The molecule has 5 heteroatoms. The highest BCUT2D eigenvalue weighted by atomic mass is 16.5. The van der Waals surface area contributed by atoms with Crippen LogP contribution in [0, 0.1) is 0 Å². The molecule has 1 aromatic carbocycles. The number of para-hydroxylation sites is 2. The second-order valence-corrected chi connectivity index (χ2v) is 3.72. The Bertz CT molecular complexity index is 530. The standard InChI is InChI=1S/C13H16N4O/c1-14-13-15-9-8-12(16-13)17(2)10-6-4-5-7-11(10)18-3/h4-9H,1-3H3,(H,14,15,16). The zero-order valence-corrected chi connectivity index (χ0v) is 10.7. The Balaban J connectivity index is 2.37. The van der Waals surface area contributed by atoms with Gasteiger partial charge >= 0.3 is 0 Å². The molecule has 0 spiro atoms.